The second-order valence-electron chi connectivity index (χ2n) is 4.87. The van der Waals surface area contributed by atoms with Crippen LogP contribution in [0.15, 0.2) is 5.16 Å². The van der Waals surface area contributed by atoms with Gasteiger partial charge in [0.15, 0.2) is 11.5 Å². The number of hydrogen-bond acceptors (Lipinski definition) is 5. The summed E-state index contributed by atoms with van der Waals surface area (Å²) in [6, 6.07) is 0. The number of carbonyl (C=O) groups excluding carboxylic acids is 1. The van der Waals surface area contributed by atoms with Crippen LogP contribution in [0, 0.1) is 5.41 Å². The van der Waals surface area contributed by atoms with E-state index < -0.39 is 5.79 Å². The zero-order chi connectivity index (χ0) is 12.4. The summed E-state index contributed by atoms with van der Waals surface area (Å²) in [7, 11) is 1.39. The third kappa shape index (κ3) is 2.80. The fraction of sp³-hybridized carbons (Fsp3) is 0.818. The summed E-state index contributed by atoms with van der Waals surface area (Å²) in [5.41, 5.74) is 0.111. The number of Topliss-reactive ketones (excluding diaryl/α,β-unsaturated/α-hetero) is 1. The molecule has 0 unspecified atom stereocenters. The first kappa shape index (κ1) is 13.1. The Hall–Kier alpha value is -0.940. The van der Waals surface area contributed by atoms with Crippen LogP contribution < -0.4 is 0 Å². The summed E-state index contributed by atoms with van der Waals surface area (Å²) in [5, 5.41) is 3.68. The van der Waals surface area contributed by atoms with Crippen LogP contribution in [-0.2, 0) is 19.1 Å². The molecule has 0 spiro atoms. The molecule has 0 atom stereocenters. The zero-order valence-corrected chi connectivity index (χ0v) is 10.5. The number of ketones is 1. The Balaban J connectivity index is 2.86. The van der Waals surface area contributed by atoms with E-state index in [0.717, 1.165) is 0 Å². The van der Waals surface area contributed by atoms with Crippen LogP contribution >= 0.6 is 0 Å². The van der Waals surface area contributed by atoms with Crippen LogP contribution in [0.2, 0.25) is 0 Å². The predicted molar refractivity (Wildman–Crippen MR) is 59.2 cm³/mol. The molecule has 0 aromatic carbocycles. The molecule has 0 bridgehead atoms. The van der Waals surface area contributed by atoms with Gasteiger partial charge in [-0.1, -0.05) is 19.0 Å². The van der Waals surface area contributed by atoms with Gasteiger partial charge in [0.25, 0.3) is 0 Å². The Morgan fingerprint density at radius 2 is 1.75 bits per heavy atom. The quantitative estimate of drug-likeness (QED) is 0.541. The van der Waals surface area contributed by atoms with Gasteiger partial charge >= 0.3 is 0 Å². The normalized spacial score (nSPS) is 23.9. The summed E-state index contributed by atoms with van der Waals surface area (Å²) in [6.45, 7) is 8.19. The molecule has 5 heteroatoms. The number of oxime groups is 1. The minimum atomic E-state index is -1.10. The van der Waals surface area contributed by atoms with E-state index in [1.54, 1.807) is 6.92 Å². The Labute approximate surface area is 95.7 Å². The van der Waals surface area contributed by atoms with E-state index in [1.807, 2.05) is 13.8 Å². The van der Waals surface area contributed by atoms with Gasteiger partial charge in [0.1, 0.15) is 7.11 Å². The average molecular weight is 229 g/mol. The van der Waals surface area contributed by atoms with Gasteiger partial charge < -0.3 is 14.3 Å². The molecule has 0 aromatic heterocycles. The van der Waals surface area contributed by atoms with Gasteiger partial charge in [-0.05, 0) is 6.92 Å². The number of carbonyl (C=O) groups is 1. The number of nitrogens with zero attached hydrogens (tertiary/aromatic N) is 1. The highest BCUT2D eigenvalue weighted by atomic mass is 16.7. The molecule has 0 aromatic rings. The average Bonchev–Trinajstić information content (AvgIpc) is 2.19. The van der Waals surface area contributed by atoms with Gasteiger partial charge in [-0.3, -0.25) is 4.79 Å². The largest absolute Gasteiger partial charge is 0.399 e. The topological polar surface area (TPSA) is 57.1 Å². The van der Waals surface area contributed by atoms with Crippen LogP contribution in [0.3, 0.4) is 0 Å². The molecule has 1 fully saturated rings. The fourth-order valence-electron chi connectivity index (χ4n) is 1.44. The molecule has 1 rings (SSSR count). The maximum Gasteiger partial charge on any atom is 0.216 e. The molecule has 1 saturated heterocycles. The van der Waals surface area contributed by atoms with Crippen LogP contribution in [0.25, 0.3) is 0 Å². The summed E-state index contributed by atoms with van der Waals surface area (Å²) < 4.78 is 11.2. The monoisotopic (exact) mass is 229 g/mol. The van der Waals surface area contributed by atoms with Gasteiger partial charge in [0, 0.05) is 12.3 Å². The summed E-state index contributed by atoms with van der Waals surface area (Å²) in [5.74, 6) is -1.32. The van der Waals surface area contributed by atoms with E-state index >= 15 is 0 Å². The van der Waals surface area contributed by atoms with E-state index in [9.17, 15) is 4.79 Å². The molecule has 92 valence electrons. The first-order chi connectivity index (χ1) is 7.31. The predicted octanol–water partition coefficient (Wildman–Crippen LogP) is 1.37. The second-order valence-corrected chi connectivity index (χ2v) is 4.87. The van der Waals surface area contributed by atoms with Crippen molar-refractivity contribution in [3.05, 3.63) is 0 Å². The lowest BCUT2D eigenvalue weighted by Crippen LogP contribution is -2.52. The molecule has 0 amide bonds. The molecule has 0 aliphatic carbocycles. The number of ether oxygens (including phenoxy) is 2. The van der Waals surface area contributed by atoms with Crippen LogP contribution in [0.4, 0.5) is 0 Å². The van der Waals surface area contributed by atoms with E-state index in [1.165, 1.54) is 14.0 Å². The summed E-state index contributed by atoms with van der Waals surface area (Å²) >= 11 is 0. The van der Waals surface area contributed by atoms with Crippen molar-refractivity contribution in [1.29, 1.82) is 0 Å². The maximum atomic E-state index is 11.4. The SMILES string of the molecule is CO/N=C(\C(C)=O)C1(C)OCC(C)(C)CO1. The minimum Gasteiger partial charge on any atom is -0.399 e. The number of rotatable bonds is 3. The first-order valence-electron chi connectivity index (χ1n) is 5.21. The van der Waals surface area contributed by atoms with Crippen LogP contribution in [-0.4, -0.2) is 37.6 Å². The molecular formula is C11H19NO4. The summed E-state index contributed by atoms with van der Waals surface area (Å²) in [6.07, 6.45) is 0. The molecule has 0 N–H and O–H groups in total. The van der Waals surface area contributed by atoms with Crippen molar-refractivity contribution in [2.24, 2.45) is 10.6 Å². The third-order valence-electron chi connectivity index (χ3n) is 2.42. The lowest BCUT2D eigenvalue weighted by Gasteiger charge is -2.40. The molecule has 5 nitrogen and oxygen atoms in total. The van der Waals surface area contributed by atoms with Crippen molar-refractivity contribution in [2.45, 2.75) is 33.5 Å². The molecule has 16 heavy (non-hydrogen) atoms. The minimum absolute atomic E-state index is 0.0471. The Kier molecular flexibility index (Phi) is 3.70. The molecule has 1 heterocycles. The lowest BCUT2D eigenvalue weighted by molar-refractivity contribution is -0.250. The highest BCUT2D eigenvalue weighted by molar-refractivity contribution is 6.41. The smallest absolute Gasteiger partial charge is 0.216 e. The van der Waals surface area contributed by atoms with E-state index in [4.69, 9.17) is 9.47 Å². The van der Waals surface area contributed by atoms with E-state index in [-0.39, 0.29) is 16.9 Å². The Morgan fingerprint density at radius 1 is 1.25 bits per heavy atom. The molecule has 1 aliphatic heterocycles. The van der Waals surface area contributed by atoms with Gasteiger partial charge in [-0.15, -0.1) is 0 Å². The zero-order valence-electron chi connectivity index (χ0n) is 10.5. The molecule has 0 radical (unpaired) electrons. The van der Waals surface area contributed by atoms with Crippen LogP contribution in [0.5, 0.6) is 0 Å². The highest BCUT2D eigenvalue weighted by Gasteiger charge is 2.43. The van der Waals surface area contributed by atoms with Crippen molar-refractivity contribution in [3.63, 3.8) is 0 Å². The summed E-state index contributed by atoms with van der Waals surface area (Å²) in [4.78, 5) is 16.1. The maximum absolute atomic E-state index is 11.4. The third-order valence-corrected chi connectivity index (χ3v) is 2.42. The first-order valence-corrected chi connectivity index (χ1v) is 5.21. The van der Waals surface area contributed by atoms with Crippen molar-refractivity contribution < 1.29 is 19.1 Å². The Bertz CT molecular complexity index is 299. The standard InChI is InChI=1S/C11H19NO4/c1-8(13)9(12-14-5)11(4)15-6-10(2,3)7-16-11/h6-7H2,1-5H3/b12-9+. The highest BCUT2D eigenvalue weighted by Crippen LogP contribution is 2.30. The van der Waals surface area contributed by atoms with Gasteiger partial charge in [-0.2, -0.15) is 0 Å². The van der Waals surface area contributed by atoms with Crippen molar-refractivity contribution in [2.75, 3.05) is 20.3 Å². The molecule has 0 saturated carbocycles. The van der Waals surface area contributed by atoms with E-state index in [2.05, 4.69) is 9.99 Å². The number of hydrogen-bond donors (Lipinski definition) is 0. The van der Waals surface area contributed by atoms with Gasteiger partial charge in [-0.25, -0.2) is 0 Å². The molecular weight excluding hydrogens is 210 g/mol. The van der Waals surface area contributed by atoms with Gasteiger partial charge in [0.2, 0.25) is 5.79 Å². The fourth-order valence-corrected chi connectivity index (χ4v) is 1.44. The molecule has 1 aliphatic rings. The van der Waals surface area contributed by atoms with Crippen molar-refractivity contribution in [1.82, 2.24) is 0 Å². The lowest BCUT2D eigenvalue weighted by atomic mass is 9.94. The Morgan fingerprint density at radius 3 is 2.12 bits per heavy atom. The van der Waals surface area contributed by atoms with Crippen molar-refractivity contribution >= 4 is 11.5 Å². The van der Waals surface area contributed by atoms with Crippen molar-refractivity contribution in [3.8, 4) is 0 Å². The van der Waals surface area contributed by atoms with E-state index in [0.29, 0.717) is 13.2 Å². The van der Waals surface area contributed by atoms with Crippen LogP contribution in [0.1, 0.15) is 27.7 Å². The second kappa shape index (κ2) is 4.51. The van der Waals surface area contributed by atoms with Gasteiger partial charge in [0.05, 0.1) is 13.2 Å².